The highest BCUT2D eigenvalue weighted by molar-refractivity contribution is 4.81. The van der Waals surface area contributed by atoms with Crippen LogP contribution in [0.3, 0.4) is 0 Å². The fraction of sp³-hybridized carbons (Fsp3) is 0.800. The lowest BCUT2D eigenvalue weighted by atomic mass is 10.3. The molecule has 1 atom stereocenters. The molecule has 11 heavy (non-hydrogen) atoms. The molecule has 1 rings (SSSR count). The van der Waals surface area contributed by atoms with Gasteiger partial charge in [-0.25, -0.2) is 4.39 Å². The van der Waals surface area contributed by atoms with Crippen molar-refractivity contribution in [3.8, 4) is 0 Å². The Kier molecular flexibility index (Phi) is 2.48. The molecule has 0 aliphatic carbocycles. The van der Waals surface area contributed by atoms with Gasteiger partial charge in [0.15, 0.2) is 5.82 Å². The lowest BCUT2D eigenvalue weighted by Gasteiger charge is -1.98. The van der Waals surface area contributed by atoms with Gasteiger partial charge >= 0.3 is 0 Å². The van der Waals surface area contributed by atoms with Gasteiger partial charge in [-0.05, 0) is 5.21 Å². The van der Waals surface area contributed by atoms with Crippen LogP contribution in [0.5, 0.6) is 0 Å². The van der Waals surface area contributed by atoms with Gasteiger partial charge in [-0.2, -0.15) is 4.80 Å². The molecular weight excluding hydrogens is 149 g/mol. The molecule has 1 aromatic rings. The Morgan fingerprint density at radius 2 is 2.45 bits per heavy atom. The largest absolute Gasteiger partial charge is 0.328 e. The summed E-state index contributed by atoms with van der Waals surface area (Å²) in [6.07, 6.45) is -0.927. The van der Waals surface area contributed by atoms with Crippen LogP contribution < -0.4 is 5.73 Å². The standard InChI is InChI=1S/C5H10FN5/c1-11-9-5(8-10-11)2-4(6)3-7/h4H,2-3,7H2,1H3. The maximum atomic E-state index is 12.6. The fourth-order valence-corrected chi connectivity index (χ4v) is 0.686. The Hall–Kier alpha value is -1.04. The molecule has 62 valence electrons. The third-order valence-electron chi connectivity index (χ3n) is 1.21. The third-order valence-corrected chi connectivity index (χ3v) is 1.21. The number of nitrogens with zero attached hydrogens (tertiary/aromatic N) is 4. The van der Waals surface area contributed by atoms with E-state index in [1.54, 1.807) is 7.05 Å². The molecule has 0 amide bonds. The highest BCUT2D eigenvalue weighted by Gasteiger charge is 2.08. The topological polar surface area (TPSA) is 69.6 Å². The van der Waals surface area contributed by atoms with Gasteiger partial charge in [-0.15, -0.1) is 10.2 Å². The van der Waals surface area contributed by atoms with Crippen molar-refractivity contribution in [3.05, 3.63) is 5.82 Å². The third kappa shape index (κ3) is 2.23. The van der Waals surface area contributed by atoms with Crippen LogP contribution >= 0.6 is 0 Å². The summed E-state index contributed by atoms with van der Waals surface area (Å²) >= 11 is 0. The number of aromatic nitrogens is 4. The first-order valence-electron chi connectivity index (χ1n) is 3.29. The average Bonchev–Trinajstić information content (AvgIpc) is 2.35. The molecule has 0 aliphatic heterocycles. The second-order valence-corrected chi connectivity index (χ2v) is 2.23. The lowest BCUT2D eigenvalue weighted by molar-refractivity contribution is 0.335. The minimum absolute atomic E-state index is 0.00173. The summed E-state index contributed by atoms with van der Waals surface area (Å²) < 4.78 is 12.6. The molecule has 0 radical (unpaired) electrons. The zero-order chi connectivity index (χ0) is 8.27. The Morgan fingerprint density at radius 1 is 1.73 bits per heavy atom. The van der Waals surface area contributed by atoms with Crippen molar-refractivity contribution in [1.29, 1.82) is 0 Å². The number of nitrogens with two attached hydrogens (primary N) is 1. The Bertz CT molecular complexity index is 222. The minimum Gasteiger partial charge on any atom is -0.328 e. The van der Waals surface area contributed by atoms with E-state index >= 15 is 0 Å². The average molecular weight is 159 g/mol. The van der Waals surface area contributed by atoms with E-state index in [2.05, 4.69) is 15.4 Å². The Labute approximate surface area is 63.4 Å². The number of aryl methyl sites for hydroxylation is 1. The van der Waals surface area contributed by atoms with Crippen LogP contribution in [0.25, 0.3) is 0 Å². The maximum Gasteiger partial charge on any atom is 0.177 e. The SMILES string of the molecule is Cn1nnc(CC(F)CN)n1. The molecule has 1 unspecified atom stereocenters. The molecule has 0 fully saturated rings. The van der Waals surface area contributed by atoms with Gasteiger partial charge in [0.05, 0.1) is 7.05 Å². The first kappa shape index (κ1) is 8.06. The molecule has 1 aromatic heterocycles. The summed E-state index contributed by atoms with van der Waals surface area (Å²) in [5.74, 6) is 0.394. The molecule has 0 saturated carbocycles. The second kappa shape index (κ2) is 3.38. The molecule has 5 nitrogen and oxygen atoms in total. The summed E-state index contributed by atoms with van der Waals surface area (Å²) in [5, 5.41) is 11.0. The number of hydrogen-bond donors (Lipinski definition) is 1. The summed E-state index contributed by atoms with van der Waals surface area (Å²) in [6, 6.07) is 0. The molecule has 0 saturated heterocycles. The summed E-state index contributed by atoms with van der Waals surface area (Å²) in [6.45, 7) is -0.00173. The molecular formula is C5H10FN5. The first-order chi connectivity index (χ1) is 5.22. The van der Waals surface area contributed by atoms with Gasteiger partial charge in [-0.1, -0.05) is 0 Å². The van der Waals surface area contributed by atoms with E-state index in [1.807, 2.05) is 0 Å². The van der Waals surface area contributed by atoms with Crippen molar-refractivity contribution >= 4 is 0 Å². The monoisotopic (exact) mass is 159 g/mol. The molecule has 0 bridgehead atoms. The van der Waals surface area contributed by atoms with Crippen LogP contribution in [0.15, 0.2) is 0 Å². The zero-order valence-corrected chi connectivity index (χ0v) is 6.24. The molecule has 6 heteroatoms. The van der Waals surface area contributed by atoms with E-state index in [1.165, 1.54) is 4.80 Å². The molecule has 0 aromatic carbocycles. The van der Waals surface area contributed by atoms with Gasteiger partial charge < -0.3 is 5.73 Å². The van der Waals surface area contributed by atoms with Crippen molar-refractivity contribution < 1.29 is 4.39 Å². The Morgan fingerprint density at radius 3 is 2.91 bits per heavy atom. The highest BCUT2D eigenvalue weighted by atomic mass is 19.1. The second-order valence-electron chi connectivity index (χ2n) is 2.23. The van der Waals surface area contributed by atoms with Gasteiger partial charge in [0.1, 0.15) is 6.17 Å². The van der Waals surface area contributed by atoms with E-state index < -0.39 is 6.17 Å². The maximum absolute atomic E-state index is 12.6. The van der Waals surface area contributed by atoms with Crippen LogP contribution in [-0.4, -0.2) is 32.9 Å². The molecule has 0 aliphatic rings. The number of rotatable bonds is 3. The summed E-state index contributed by atoms with van der Waals surface area (Å²) in [7, 11) is 1.63. The van der Waals surface area contributed by atoms with E-state index in [0.717, 1.165) is 0 Å². The van der Waals surface area contributed by atoms with Gasteiger partial charge in [0.25, 0.3) is 0 Å². The van der Waals surface area contributed by atoms with Crippen molar-refractivity contribution in [2.45, 2.75) is 12.6 Å². The van der Waals surface area contributed by atoms with Crippen LogP contribution in [0, 0.1) is 0 Å². The fourth-order valence-electron chi connectivity index (χ4n) is 0.686. The van der Waals surface area contributed by atoms with Crippen molar-refractivity contribution in [2.75, 3.05) is 6.54 Å². The van der Waals surface area contributed by atoms with Crippen LogP contribution in [-0.2, 0) is 13.5 Å². The number of tetrazole rings is 1. The van der Waals surface area contributed by atoms with Gasteiger partial charge in [-0.3, -0.25) is 0 Å². The van der Waals surface area contributed by atoms with Gasteiger partial charge in [0.2, 0.25) is 0 Å². The smallest absolute Gasteiger partial charge is 0.177 e. The highest BCUT2D eigenvalue weighted by Crippen LogP contribution is 1.96. The van der Waals surface area contributed by atoms with Crippen molar-refractivity contribution in [2.24, 2.45) is 12.8 Å². The number of alkyl halides is 1. The van der Waals surface area contributed by atoms with Gasteiger partial charge in [0, 0.05) is 13.0 Å². The zero-order valence-electron chi connectivity index (χ0n) is 6.24. The predicted molar refractivity (Wildman–Crippen MR) is 36.5 cm³/mol. The summed E-state index contributed by atoms with van der Waals surface area (Å²) in [4.78, 5) is 1.29. The predicted octanol–water partition coefficient (Wildman–Crippen LogP) is -0.951. The Balaban J connectivity index is 2.50. The van der Waals surface area contributed by atoms with Crippen LogP contribution in [0.4, 0.5) is 4.39 Å². The van der Waals surface area contributed by atoms with Crippen LogP contribution in [0.2, 0.25) is 0 Å². The minimum atomic E-state index is -1.07. The molecule has 1 heterocycles. The first-order valence-corrected chi connectivity index (χ1v) is 3.29. The molecule has 2 N–H and O–H groups in total. The van der Waals surface area contributed by atoms with E-state index in [9.17, 15) is 4.39 Å². The number of hydrogen-bond acceptors (Lipinski definition) is 4. The van der Waals surface area contributed by atoms with Crippen molar-refractivity contribution in [1.82, 2.24) is 20.2 Å². The summed E-state index contributed by atoms with van der Waals surface area (Å²) in [5.41, 5.74) is 5.07. The van der Waals surface area contributed by atoms with Crippen molar-refractivity contribution in [3.63, 3.8) is 0 Å². The molecule has 0 spiro atoms. The van der Waals surface area contributed by atoms with E-state index in [0.29, 0.717) is 5.82 Å². The quantitative estimate of drug-likeness (QED) is 0.617. The van der Waals surface area contributed by atoms with E-state index in [4.69, 9.17) is 5.73 Å². The van der Waals surface area contributed by atoms with Crippen LogP contribution in [0.1, 0.15) is 5.82 Å². The number of halogens is 1. The normalized spacial score (nSPS) is 13.4. The lowest BCUT2D eigenvalue weighted by Crippen LogP contribution is -2.18. The van der Waals surface area contributed by atoms with E-state index in [-0.39, 0.29) is 13.0 Å².